The molecule has 0 amide bonds. The molecule has 2 unspecified atom stereocenters. The Morgan fingerprint density at radius 3 is 2.00 bits per heavy atom. The van der Waals surface area contributed by atoms with Crippen molar-refractivity contribution >= 4 is 12.6 Å². The SMILES string of the molecule is CC([S])C(C)C1CC1. The van der Waals surface area contributed by atoms with E-state index in [9.17, 15) is 0 Å². The van der Waals surface area contributed by atoms with Gasteiger partial charge >= 0.3 is 0 Å². The van der Waals surface area contributed by atoms with Crippen molar-refractivity contribution < 1.29 is 0 Å². The first-order valence-electron chi connectivity index (χ1n) is 3.37. The summed E-state index contributed by atoms with van der Waals surface area (Å²) in [5.74, 6) is 1.78. The molecule has 1 rings (SSSR count). The summed E-state index contributed by atoms with van der Waals surface area (Å²) < 4.78 is 0. The van der Waals surface area contributed by atoms with Gasteiger partial charge in [0.05, 0.1) is 0 Å². The monoisotopic (exact) mass is 129 g/mol. The van der Waals surface area contributed by atoms with Crippen LogP contribution in [0.2, 0.25) is 0 Å². The van der Waals surface area contributed by atoms with Crippen molar-refractivity contribution in [3.8, 4) is 0 Å². The Labute approximate surface area is 57.1 Å². The lowest BCUT2D eigenvalue weighted by Crippen LogP contribution is -2.08. The molecule has 1 radical (unpaired) electrons. The Morgan fingerprint density at radius 2 is 1.88 bits per heavy atom. The van der Waals surface area contributed by atoms with Crippen LogP contribution in [0, 0.1) is 11.8 Å². The van der Waals surface area contributed by atoms with Gasteiger partial charge in [-0.1, -0.05) is 26.5 Å². The Hall–Kier alpha value is 0.350. The predicted molar refractivity (Wildman–Crippen MR) is 38.9 cm³/mol. The summed E-state index contributed by atoms with van der Waals surface area (Å²) in [4.78, 5) is 0. The summed E-state index contributed by atoms with van der Waals surface area (Å²) in [5, 5.41) is 0.488. The van der Waals surface area contributed by atoms with Gasteiger partial charge in [0.25, 0.3) is 0 Å². The van der Waals surface area contributed by atoms with Gasteiger partial charge in [-0.15, -0.1) is 0 Å². The van der Waals surface area contributed by atoms with Crippen LogP contribution in [0.15, 0.2) is 0 Å². The maximum absolute atomic E-state index is 5.12. The van der Waals surface area contributed by atoms with Crippen LogP contribution >= 0.6 is 12.6 Å². The van der Waals surface area contributed by atoms with Gasteiger partial charge in [-0.2, -0.15) is 0 Å². The van der Waals surface area contributed by atoms with Gasteiger partial charge in [0.15, 0.2) is 0 Å². The first-order chi connectivity index (χ1) is 3.72. The largest absolute Gasteiger partial charge is 0.0904 e. The highest BCUT2D eigenvalue weighted by atomic mass is 32.1. The van der Waals surface area contributed by atoms with E-state index in [1.165, 1.54) is 12.8 Å². The minimum Gasteiger partial charge on any atom is -0.0904 e. The minimum absolute atomic E-state index is 0.488. The van der Waals surface area contributed by atoms with Gasteiger partial charge in [-0.3, -0.25) is 0 Å². The molecule has 0 aliphatic heterocycles. The van der Waals surface area contributed by atoms with Gasteiger partial charge in [0, 0.05) is 5.25 Å². The molecule has 47 valence electrons. The zero-order chi connectivity index (χ0) is 6.15. The molecular weight excluding hydrogens is 116 g/mol. The van der Waals surface area contributed by atoms with Gasteiger partial charge in [0.2, 0.25) is 0 Å². The molecule has 8 heavy (non-hydrogen) atoms. The van der Waals surface area contributed by atoms with Crippen LogP contribution in [0.3, 0.4) is 0 Å². The van der Waals surface area contributed by atoms with E-state index >= 15 is 0 Å². The smallest absolute Gasteiger partial charge is 0.0151 e. The van der Waals surface area contributed by atoms with Crippen molar-refractivity contribution in [2.24, 2.45) is 11.8 Å². The standard InChI is InChI=1S/C7H13S/c1-5(6(2)8)7-3-4-7/h5-7H,3-4H2,1-2H3. The quantitative estimate of drug-likeness (QED) is 0.537. The fourth-order valence-corrected chi connectivity index (χ4v) is 1.23. The third kappa shape index (κ3) is 1.41. The summed E-state index contributed by atoms with van der Waals surface area (Å²) >= 11 is 5.12. The molecular formula is C7H13S. The Morgan fingerprint density at radius 1 is 1.38 bits per heavy atom. The molecule has 0 aromatic rings. The molecule has 0 aromatic carbocycles. The van der Waals surface area contributed by atoms with Crippen molar-refractivity contribution in [3.63, 3.8) is 0 Å². The third-order valence-corrected chi connectivity index (χ3v) is 2.54. The van der Waals surface area contributed by atoms with E-state index in [4.69, 9.17) is 12.6 Å². The lowest BCUT2D eigenvalue weighted by Gasteiger charge is -2.10. The maximum atomic E-state index is 5.12. The topological polar surface area (TPSA) is 0 Å². The first kappa shape index (κ1) is 6.47. The maximum Gasteiger partial charge on any atom is 0.0151 e. The molecule has 0 bridgehead atoms. The van der Waals surface area contributed by atoms with Gasteiger partial charge in [-0.25, -0.2) is 0 Å². The molecule has 1 fully saturated rings. The molecule has 0 N–H and O–H groups in total. The second-order valence-corrected chi connectivity index (χ2v) is 3.65. The van der Waals surface area contributed by atoms with Crippen LogP contribution < -0.4 is 0 Å². The Balaban J connectivity index is 2.22. The number of hydrogen-bond acceptors (Lipinski definition) is 0. The highest BCUT2D eigenvalue weighted by Crippen LogP contribution is 2.39. The second kappa shape index (κ2) is 2.30. The van der Waals surface area contributed by atoms with E-state index in [-0.39, 0.29) is 0 Å². The molecule has 1 aliphatic carbocycles. The van der Waals surface area contributed by atoms with Crippen LogP contribution in [0.1, 0.15) is 26.7 Å². The molecule has 2 atom stereocenters. The first-order valence-corrected chi connectivity index (χ1v) is 3.84. The minimum atomic E-state index is 0.488. The average Bonchev–Trinajstić information content (AvgIpc) is 2.43. The second-order valence-electron chi connectivity index (χ2n) is 2.90. The molecule has 0 saturated heterocycles. The summed E-state index contributed by atoms with van der Waals surface area (Å²) in [5.41, 5.74) is 0. The lowest BCUT2D eigenvalue weighted by atomic mass is 10.0. The highest BCUT2D eigenvalue weighted by Gasteiger charge is 2.29. The van der Waals surface area contributed by atoms with E-state index in [1.807, 2.05) is 0 Å². The summed E-state index contributed by atoms with van der Waals surface area (Å²) in [6.07, 6.45) is 2.87. The average molecular weight is 129 g/mol. The normalized spacial score (nSPS) is 27.4. The summed E-state index contributed by atoms with van der Waals surface area (Å²) in [6, 6.07) is 0. The zero-order valence-corrected chi connectivity index (χ0v) is 6.37. The van der Waals surface area contributed by atoms with E-state index in [0.717, 1.165) is 11.8 Å². The van der Waals surface area contributed by atoms with E-state index in [0.29, 0.717) is 5.25 Å². The van der Waals surface area contributed by atoms with Crippen molar-refractivity contribution in [1.29, 1.82) is 0 Å². The third-order valence-electron chi connectivity index (χ3n) is 2.11. The number of rotatable bonds is 2. The molecule has 0 spiro atoms. The summed E-state index contributed by atoms with van der Waals surface area (Å²) in [7, 11) is 0. The van der Waals surface area contributed by atoms with E-state index < -0.39 is 0 Å². The van der Waals surface area contributed by atoms with Crippen LogP contribution in [0.4, 0.5) is 0 Å². The Bertz CT molecular complexity index is 72.5. The predicted octanol–water partition coefficient (Wildman–Crippen LogP) is 2.62. The molecule has 1 heteroatoms. The Kier molecular flexibility index (Phi) is 1.86. The van der Waals surface area contributed by atoms with Crippen molar-refractivity contribution in [2.75, 3.05) is 0 Å². The van der Waals surface area contributed by atoms with Crippen LogP contribution in [-0.4, -0.2) is 5.25 Å². The van der Waals surface area contributed by atoms with Crippen LogP contribution in [-0.2, 0) is 0 Å². The molecule has 1 saturated carbocycles. The van der Waals surface area contributed by atoms with Gasteiger partial charge in [-0.05, 0) is 24.7 Å². The molecule has 0 heterocycles. The zero-order valence-electron chi connectivity index (χ0n) is 5.55. The fourth-order valence-electron chi connectivity index (χ4n) is 1.01. The van der Waals surface area contributed by atoms with Gasteiger partial charge < -0.3 is 0 Å². The van der Waals surface area contributed by atoms with Gasteiger partial charge in [0.1, 0.15) is 0 Å². The molecule has 0 nitrogen and oxygen atoms in total. The van der Waals surface area contributed by atoms with Crippen molar-refractivity contribution in [1.82, 2.24) is 0 Å². The number of hydrogen-bond donors (Lipinski definition) is 0. The van der Waals surface area contributed by atoms with Crippen molar-refractivity contribution in [3.05, 3.63) is 0 Å². The lowest BCUT2D eigenvalue weighted by molar-refractivity contribution is 0.507. The van der Waals surface area contributed by atoms with E-state index in [1.54, 1.807) is 0 Å². The molecule has 1 aliphatic rings. The highest BCUT2D eigenvalue weighted by molar-refractivity contribution is 7.80. The fraction of sp³-hybridized carbons (Fsp3) is 1.00. The van der Waals surface area contributed by atoms with Crippen molar-refractivity contribution in [2.45, 2.75) is 31.9 Å². The van der Waals surface area contributed by atoms with E-state index in [2.05, 4.69) is 13.8 Å². The van der Waals surface area contributed by atoms with Crippen LogP contribution in [0.25, 0.3) is 0 Å². The van der Waals surface area contributed by atoms with Crippen LogP contribution in [0.5, 0.6) is 0 Å². The summed E-state index contributed by atoms with van der Waals surface area (Å²) in [6.45, 7) is 4.41. The molecule has 0 aromatic heterocycles.